The van der Waals surface area contributed by atoms with Gasteiger partial charge in [-0.15, -0.1) is 11.3 Å². The zero-order chi connectivity index (χ0) is 20.5. The maximum Gasteiger partial charge on any atom is 0.265 e. The molecule has 2 aromatic carbocycles. The van der Waals surface area contributed by atoms with Crippen molar-refractivity contribution in [2.75, 3.05) is 24.7 Å². The molecule has 0 spiro atoms. The zero-order valence-electron chi connectivity index (χ0n) is 15.3. The molecule has 0 saturated carbocycles. The van der Waals surface area contributed by atoms with Gasteiger partial charge in [-0.25, -0.2) is 21.8 Å². The number of benzene rings is 2. The molecule has 0 unspecified atom stereocenters. The number of fused-ring (bicyclic) bond motifs is 1. The van der Waals surface area contributed by atoms with Crippen molar-refractivity contribution < 1.29 is 26.3 Å². The smallest absolute Gasteiger partial charge is 0.265 e. The van der Waals surface area contributed by atoms with Gasteiger partial charge in [0.2, 0.25) is 14.2 Å². The highest BCUT2D eigenvalue weighted by molar-refractivity contribution is 7.93. The molecule has 0 amide bonds. The molecule has 150 valence electrons. The minimum atomic E-state index is -3.97. The molecule has 11 heteroatoms. The van der Waals surface area contributed by atoms with E-state index in [0.717, 1.165) is 11.3 Å². The maximum absolute atomic E-state index is 12.8. The van der Waals surface area contributed by atoms with Gasteiger partial charge < -0.3 is 9.47 Å². The van der Waals surface area contributed by atoms with Gasteiger partial charge in [-0.2, -0.15) is 0 Å². The molecule has 0 saturated heterocycles. The van der Waals surface area contributed by atoms with Crippen LogP contribution >= 0.6 is 11.3 Å². The van der Waals surface area contributed by atoms with Gasteiger partial charge in [-0.1, -0.05) is 6.92 Å². The number of aromatic nitrogens is 1. The number of hydrogen-bond acceptors (Lipinski definition) is 8. The Balaban J connectivity index is 2.00. The van der Waals surface area contributed by atoms with E-state index in [0.29, 0.717) is 16.0 Å². The van der Waals surface area contributed by atoms with Crippen LogP contribution in [0.1, 0.15) is 6.92 Å². The molecular formula is C17H18N2O6S3. The van der Waals surface area contributed by atoms with Gasteiger partial charge in [0, 0.05) is 6.07 Å². The van der Waals surface area contributed by atoms with Gasteiger partial charge in [-0.3, -0.25) is 4.72 Å². The van der Waals surface area contributed by atoms with E-state index in [4.69, 9.17) is 9.47 Å². The van der Waals surface area contributed by atoms with E-state index in [1.807, 2.05) is 0 Å². The van der Waals surface area contributed by atoms with Crippen LogP contribution in [0, 0.1) is 0 Å². The van der Waals surface area contributed by atoms with E-state index in [2.05, 4.69) is 9.71 Å². The van der Waals surface area contributed by atoms with Gasteiger partial charge in [0.25, 0.3) is 10.0 Å². The number of ether oxygens (including phenoxy) is 2. The molecule has 3 rings (SSSR count). The van der Waals surface area contributed by atoms with Crippen molar-refractivity contribution in [1.29, 1.82) is 0 Å². The second-order valence-electron chi connectivity index (χ2n) is 5.69. The number of hydrogen-bond donors (Lipinski definition) is 1. The monoisotopic (exact) mass is 442 g/mol. The SMILES string of the molecule is CCS(=O)(=O)c1nc2ccc(NS(=O)(=O)c3cc(OC)ccc3OC)cc2s1. The summed E-state index contributed by atoms with van der Waals surface area (Å²) in [6, 6.07) is 9.10. The van der Waals surface area contributed by atoms with Crippen LogP contribution in [0.3, 0.4) is 0 Å². The first-order valence-corrected chi connectivity index (χ1v) is 12.0. The zero-order valence-corrected chi connectivity index (χ0v) is 17.7. The lowest BCUT2D eigenvalue weighted by molar-refractivity contribution is 0.392. The molecule has 0 aliphatic rings. The number of nitrogens with one attached hydrogen (secondary N) is 1. The molecule has 1 heterocycles. The fourth-order valence-corrected chi connectivity index (χ4v) is 6.01. The lowest BCUT2D eigenvalue weighted by atomic mass is 10.3. The highest BCUT2D eigenvalue weighted by Crippen LogP contribution is 2.32. The number of thiazole rings is 1. The Labute approximate surface area is 167 Å². The number of anilines is 1. The first kappa shape index (κ1) is 20.4. The van der Waals surface area contributed by atoms with E-state index in [-0.39, 0.29) is 26.4 Å². The molecule has 1 aromatic heterocycles. The van der Waals surface area contributed by atoms with Crippen LogP contribution in [-0.4, -0.2) is 41.8 Å². The Morgan fingerprint density at radius 1 is 1.04 bits per heavy atom. The van der Waals surface area contributed by atoms with Crippen molar-refractivity contribution in [1.82, 2.24) is 4.98 Å². The topological polar surface area (TPSA) is 112 Å². The van der Waals surface area contributed by atoms with Gasteiger partial charge in [-0.05, 0) is 30.3 Å². The van der Waals surface area contributed by atoms with Crippen molar-refractivity contribution in [3.05, 3.63) is 36.4 Å². The predicted molar refractivity (Wildman–Crippen MR) is 108 cm³/mol. The number of sulfone groups is 1. The predicted octanol–water partition coefficient (Wildman–Crippen LogP) is 2.91. The average Bonchev–Trinajstić information content (AvgIpc) is 3.11. The van der Waals surface area contributed by atoms with E-state index in [1.54, 1.807) is 25.1 Å². The first-order chi connectivity index (χ1) is 13.2. The Hall–Kier alpha value is -2.37. The highest BCUT2D eigenvalue weighted by atomic mass is 32.2. The van der Waals surface area contributed by atoms with E-state index < -0.39 is 19.9 Å². The van der Waals surface area contributed by atoms with Crippen LogP contribution < -0.4 is 14.2 Å². The Kier molecular flexibility index (Phi) is 5.50. The standard InChI is InChI=1S/C17H18N2O6S3/c1-4-27(20,21)17-18-13-7-5-11(9-15(13)26-17)19-28(22,23)16-10-12(24-2)6-8-14(16)25-3/h5-10,19H,4H2,1-3H3. The molecule has 3 aromatic rings. The van der Waals surface area contributed by atoms with Crippen molar-refractivity contribution in [2.24, 2.45) is 0 Å². The van der Waals surface area contributed by atoms with Gasteiger partial charge in [0.05, 0.1) is 35.9 Å². The highest BCUT2D eigenvalue weighted by Gasteiger charge is 2.22. The summed E-state index contributed by atoms with van der Waals surface area (Å²) in [7, 11) is -4.59. The third kappa shape index (κ3) is 3.91. The van der Waals surface area contributed by atoms with Gasteiger partial charge in [0.15, 0.2) is 0 Å². The quantitative estimate of drug-likeness (QED) is 0.599. The first-order valence-electron chi connectivity index (χ1n) is 8.08. The third-order valence-electron chi connectivity index (χ3n) is 3.93. The fourth-order valence-electron chi connectivity index (χ4n) is 2.43. The molecule has 0 fully saturated rings. The van der Waals surface area contributed by atoms with Crippen LogP contribution in [0.4, 0.5) is 5.69 Å². The van der Waals surface area contributed by atoms with Crippen LogP contribution in [0.5, 0.6) is 11.5 Å². The second kappa shape index (κ2) is 7.57. The van der Waals surface area contributed by atoms with E-state index >= 15 is 0 Å². The van der Waals surface area contributed by atoms with E-state index in [9.17, 15) is 16.8 Å². The minimum absolute atomic E-state index is 0.0134. The van der Waals surface area contributed by atoms with Crippen LogP contribution in [-0.2, 0) is 19.9 Å². The Bertz CT molecular complexity index is 1230. The Morgan fingerprint density at radius 3 is 2.43 bits per heavy atom. The van der Waals surface area contributed by atoms with Crippen molar-refractivity contribution >= 4 is 47.1 Å². The molecule has 1 N–H and O–H groups in total. The lowest BCUT2D eigenvalue weighted by Gasteiger charge is -2.12. The summed E-state index contributed by atoms with van der Waals surface area (Å²) in [6.45, 7) is 1.54. The van der Waals surface area contributed by atoms with Crippen molar-refractivity contribution in [3.63, 3.8) is 0 Å². The fraction of sp³-hybridized carbons (Fsp3) is 0.235. The van der Waals surface area contributed by atoms with Crippen LogP contribution in [0.15, 0.2) is 45.6 Å². The molecule has 0 atom stereocenters. The molecule has 28 heavy (non-hydrogen) atoms. The summed E-state index contributed by atoms with van der Waals surface area (Å²) in [5, 5.41) is 0. The van der Waals surface area contributed by atoms with Gasteiger partial charge in [0.1, 0.15) is 16.4 Å². The van der Waals surface area contributed by atoms with Crippen LogP contribution in [0.25, 0.3) is 10.2 Å². The largest absolute Gasteiger partial charge is 0.497 e. The summed E-state index contributed by atoms with van der Waals surface area (Å²) >= 11 is 1.000. The summed E-state index contributed by atoms with van der Waals surface area (Å²) in [5.41, 5.74) is 0.764. The third-order valence-corrected chi connectivity index (χ3v) is 8.54. The van der Waals surface area contributed by atoms with Crippen molar-refractivity contribution in [3.8, 4) is 11.5 Å². The second-order valence-corrected chi connectivity index (χ2v) is 10.8. The number of rotatable bonds is 7. The summed E-state index contributed by atoms with van der Waals surface area (Å²) in [4.78, 5) is 4.04. The summed E-state index contributed by atoms with van der Waals surface area (Å²) in [5.74, 6) is 0.485. The molecule has 0 aliphatic heterocycles. The Morgan fingerprint density at radius 2 is 1.79 bits per heavy atom. The minimum Gasteiger partial charge on any atom is -0.497 e. The van der Waals surface area contributed by atoms with Gasteiger partial charge >= 0.3 is 0 Å². The van der Waals surface area contributed by atoms with Crippen molar-refractivity contribution in [2.45, 2.75) is 16.2 Å². The average molecular weight is 443 g/mol. The molecule has 0 radical (unpaired) electrons. The number of sulfonamides is 1. The molecule has 0 aliphatic carbocycles. The molecule has 8 nitrogen and oxygen atoms in total. The van der Waals surface area contributed by atoms with Crippen LogP contribution in [0.2, 0.25) is 0 Å². The number of methoxy groups -OCH3 is 2. The molecule has 0 bridgehead atoms. The normalized spacial score (nSPS) is 12.1. The van der Waals surface area contributed by atoms with E-state index in [1.165, 1.54) is 32.4 Å². The maximum atomic E-state index is 12.8. The number of nitrogens with zero attached hydrogens (tertiary/aromatic N) is 1. The summed E-state index contributed by atoms with van der Waals surface area (Å²) < 4.78 is 63.0. The molecular weight excluding hydrogens is 424 g/mol. The summed E-state index contributed by atoms with van der Waals surface area (Å²) in [6.07, 6.45) is 0. The lowest BCUT2D eigenvalue weighted by Crippen LogP contribution is -2.14.